The monoisotopic (exact) mass is 210 g/mol. The number of ether oxygens (including phenoxy) is 3. The Kier molecular flexibility index (Phi) is 3.18. The molecule has 0 bridgehead atoms. The Morgan fingerprint density at radius 1 is 1.53 bits per heavy atom. The zero-order valence-corrected chi connectivity index (χ0v) is 8.59. The van der Waals surface area contributed by atoms with Gasteiger partial charge in [0.05, 0.1) is 0 Å². The van der Waals surface area contributed by atoms with Crippen molar-refractivity contribution in [3.63, 3.8) is 0 Å². The topological polar surface area (TPSA) is 44.8 Å². The van der Waals surface area contributed by atoms with Gasteiger partial charge in [0, 0.05) is 12.7 Å². The van der Waals surface area contributed by atoms with Gasteiger partial charge in [-0.25, -0.2) is 4.79 Å². The van der Waals surface area contributed by atoms with Crippen LogP contribution in [0.3, 0.4) is 0 Å². The van der Waals surface area contributed by atoms with E-state index in [1.807, 2.05) is 13.0 Å². The Labute approximate surface area is 88.5 Å². The number of carbonyl (C=O) groups is 1. The summed E-state index contributed by atoms with van der Waals surface area (Å²) in [5.41, 5.74) is 0. The largest absolute Gasteiger partial charge is 0.452 e. The first kappa shape index (κ1) is 10.4. The summed E-state index contributed by atoms with van der Waals surface area (Å²) in [6.45, 7) is 2.51. The zero-order valence-electron chi connectivity index (χ0n) is 8.59. The van der Waals surface area contributed by atoms with Gasteiger partial charge >= 0.3 is 5.97 Å². The molecule has 3 atom stereocenters. The van der Waals surface area contributed by atoms with Crippen molar-refractivity contribution >= 4 is 5.97 Å². The highest BCUT2D eigenvalue weighted by Gasteiger charge is 2.30. The van der Waals surface area contributed by atoms with E-state index < -0.39 is 0 Å². The highest BCUT2D eigenvalue weighted by atomic mass is 16.7. The molecule has 0 N–H and O–H groups in total. The van der Waals surface area contributed by atoms with Crippen molar-refractivity contribution in [1.29, 1.82) is 0 Å². The van der Waals surface area contributed by atoms with E-state index in [4.69, 9.17) is 14.2 Å². The summed E-state index contributed by atoms with van der Waals surface area (Å²) in [7, 11) is 0. The molecule has 0 fully saturated rings. The van der Waals surface area contributed by atoms with Gasteiger partial charge in [-0.2, -0.15) is 0 Å². The fourth-order valence-electron chi connectivity index (χ4n) is 1.65. The van der Waals surface area contributed by atoms with E-state index in [1.165, 1.54) is 6.08 Å². The predicted molar refractivity (Wildman–Crippen MR) is 53.1 cm³/mol. The first-order valence-corrected chi connectivity index (χ1v) is 5.12. The normalized spacial score (nSPS) is 34.5. The molecule has 0 saturated heterocycles. The molecule has 0 unspecified atom stereocenters. The fraction of sp³-hybridized carbons (Fsp3) is 0.545. The fourth-order valence-corrected chi connectivity index (χ4v) is 1.65. The summed E-state index contributed by atoms with van der Waals surface area (Å²) in [4.78, 5) is 11.1. The van der Waals surface area contributed by atoms with Gasteiger partial charge in [-0.05, 0) is 25.5 Å². The Hall–Kier alpha value is -1.13. The van der Waals surface area contributed by atoms with Gasteiger partial charge in [0.1, 0.15) is 12.2 Å². The van der Waals surface area contributed by atoms with Crippen molar-refractivity contribution in [2.75, 3.05) is 6.61 Å². The molecule has 2 aliphatic rings. The molecule has 15 heavy (non-hydrogen) atoms. The molecule has 0 saturated carbocycles. The van der Waals surface area contributed by atoms with Gasteiger partial charge in [0.25, 0.3) is 0 Å². The maximum atomic E-state index is 11.1. The number of rotatable bonds is 2. The van der Waals surface area contributed by atoms with E-state index >= 15 is 0 Å². The Morgan fingerprint density at radius 2 is 2.40 bits per heavy atom. The summed E-state index contributed by atoms with van der Waals surface area (Å²) < 4.78 is 16.1. The van der Waals surface area contributed by atoms with Crippen molar-refractivity contribution < 1.29 is 19.0 Å². The number of hydrogen-bond donors (Lipinski definition) is 0. The van der Waals surface area contributed by atoms with Gasteiger partial charge in [0.2, 0.25) is 0 Å². The minimum Gasteiger partial charge on any atom is -0.452 e. The van der Waals surface area contributed by atoms with Crippen LogP contribution in [0.15, 0.2) is 24.3 Å². The smallest absolute Gasteiger partial charge is 0.331 e. The number of esters is 1. The average Bonchev–Trinajstić information content (AvgIpc) is 2.39. The van der Waals surface area contributed by atoms with Crippen LogP contribution in [0, 0.1) is 0 Å². The van der Waals surface area contributed by atoms with Crippen LogP contribution < -0.4 is 0 Å². The molecule has 0 aromatic carbocycles. The zero-order chi connectivity index (χ0) is 10.7. The Bertz CT molecular complexity index is 295. The molecule has 0 aromatic rings. The third-order valence-electron chi connectivity index (χ3n) is 2.34. The Balaban J connectivity index is 2.04. The Morgan fingerprint density at radius 3 is 3.20 bits per heavy atom. The summed E-state index contributed by atoms with van der Waals surface area (Å²) >= 11 is 0. The molecule has 4 nitrogen and oxygen atoms in total. The predicted octanol–water partition coefficient (Wildman–Crippen LogP) is 1.18. The summed E-state index contributed by atoms with van der Waals surface area (Å²) in [6, 6.07) is 0. The van der Waals surface area contributed by atoms with Crippen LogP contribution in [0.5, 0.6) is 0 Å². The number of hydrogen-bond acceptors (Lipinski definition) is 4. The summed E-state index contributed by atoms with van der Waals surface area (Å²) in [5, 5.41) is 0. The molecule has 2 heterocycles. The lowest BCUT2D eigenvalue weighted by molar-refractivity contribution is -0.179. The second-order valence-electron chi connectivity index (χ2n) is 3.42. The van der Waals surface area contributed by atoms with Crippen molar-refractivity contribution in [2.24, 2.45) is 0 Å². The molecule has 0 aliphatic carbocycles. The summed E-state index contributed by atoms with van der Waals surface area (Å²) in [5.74, 6) is -0.314. The maximum absolute atomic E-state index is 11.1. The first-order valence-electron chi connectivity index (χ1n) is 5.12. The van der Waals surface area contributed by atoms with Crippen LogP contribution in [-0.2, 0) is 19.0 Å². The van der Waals surface area contributed by atoms with Gasteiger partial charge in [0.15, 0.2) is 6.29 Å². The van der Waals surface area contributed by atoms with Crippen LogP contribution >= 0.6 is 0 Å². The van der Waals surface area contributed by atoms with Gasteiger partial charge in [-0.15, -0.1) is 0 Å². The molecule has 0 amide bonds. The van der Waals surface area contributed by atoms with E-state index in [1.54, 1.807) is 12.2 Å². The first-order chi connectivity index (χ1) is 7.29. The molecular weight excluding hydrogens is 196 g/mol. The molecule has 0 radical (unpaired) electrons. The van der Waals surface area contributed by atoms with Gasteiger partial charge in [-0.1, -0.05) is 6.08 Å². The van der Waals surface area contributed by atoms with Crippen molar-refractivity contribution in [2.45, 2.75) is 31.8 Å². The van der Waals surface area contributed by atoms with Crippen molar-refractivity contribution in [1.82, 2.24) is 0 Å². The molecule has 0 aromatic heterocycles. The lowest BCUT2D eigenvalue weighted by Crippen LogP contribution is -2.37. The van der Waals surface area contributed by atoms with Gasteiger partial charge in [-0.3, -0.25) is 0 Å². The minimum atomic E-state index is -0.318. The summed E-state index contributed by atoms with van der Waals surface area (Å²) in [6.07, 6.45) is 6.76. The lowest BCUT2D eigenvalue weighted by atomic mass is 10.1. The van der Waals surface area contributed by atoms with Crippen molar-refractivity contribution in [3.8, 4) is 0 Å². The number of carbonyl (C=O) groups excluding carboxylic acids is 1. The van der Waals surface area contributed by atoms with Gasteiger partial charge < -0.3 is 14.2 Å². The molecule has 82 valence electrons. The molecule has 2 aliphatic heterocycles. The van der Waals surface area contributed by atoms with E-state index in [-0.39, 0.29) is 24.5 Å². The molecular formula is C11H14O4. The third-order valence-corrected chi connectivity index (χ3v) is 2.34. The number of fused-ring (bicyclic) bond motifs is 1. The van der Waals surface area contributed by atoms with Crippen LogP contribution in [0.1, 0.15) is 13.3 Å². The van der Waals surface area contributed by atoms with E-state index in [0.717, 1.165) is 0 Å². The molecule has 2 rings (SSSR count). The third kappa shape index (κ3) is 2.46. The lowest BCUT2D eigenvalue weighted by Gasteiger charge is -2.29. The van der Waals surface area contributed by atoms with E-state index in [2.05, 4.69) is 0 Å². The van der Waals surface area contributed by atoms with Crippen LogP contribution in [0.2, 0.25) is 0 Å². The molecule has 4 heteroatoms. The highest BCUT2D eigenvalue weighted by Crippen LogP contribution is 2.22. The van der Waals surface area contributed by atoms with Crippen LogP contribution in [0.4, 0.5) is 0 Å². The molecule has 0 spiro atoms. The average molecular weight is 210 g/mol. The SMILES string of the molecule is CCO[C@@H]1C=C[C@H]2OC(=O)C=CC[C@H]2O1. The van der Waals surface area contributed by atoms with Crippen molar-refractivity contribution in [3.05, 3.63) is 24.3 Å². The van der Waals surface area contributed by atoms with Crippen LogP contribution in [-0.4, -0.2) is 31.1 Å². The maximum Gasteiger partial charge on any atom is 0.331 e. The second kappa shape index (κ2) is 4.59. The minimum absolute atomic E-state index is 0.130. The van der Waals surface area contributed by atoms with E-state index in [9.17, 15) is 4.79 Å². The second-order valence-corrected chi connectivity index (χ2v) is 3.42. The van der Waals surface area contributed by atoms with Crippen LogP contribution in [0.25, 0.3) is 0 Å². The van der Waals surface area contributed by atoms with E-state index in [0.29, 0.717) is 13.0 Å². The quantitative estimate of drug-likeness (QED) is 0.507. The standard InChI is InChI=1S/C11H14O4/c1-2-13-11-7-6-9-8(15-11)4-3-5-10(12)14-9/h3,5-9,11H,2,4H2,1H3/t8-,9-,11+/m1/s1. The highest BCUT2D eigenvalue weighted by molar-refractivity contribution is 5.82.